The third kappa shape index (κ3) is 24.7. The van der Waals surface area contributed by atoms with Crippen LogP contribution in [-0.2, 0) is 62.8 Å². The molecule has 4 N–H and O–H groups in total. The number of terminal acetylenes is 1. The van der Waals surface area contributed by atoms with Gasteiger partial charge in [-0.3, -0.25) is 52.1 Å². The maximum atomic E-state index is 15.3. The first-order valence-electron chi connectivity index (χ1n) is 48.3. The van der Waals surface area contributed by atoms with Gasteiger partial charge in [-0.25, -0.2) is 46.1 Å². The number of hydrogen-bond donors (Lipinski definition) is 3. The van der Waals surface area contributed by atoms with Gasteiger partial charge in [0.1, 0.15) is 82.0 Å². The van der Waals surface area contributed by atoms with Crippen LogP contribution < -0.4 is 22.4 Å². The highest BCUT2D eigenvalue weighted by Crippen LogP contribution is 2.41. The molecule has 142 heavy (non-hydrogen) atoms. The number of Topliss-reactive ketones (excluding diaryl/α,β-unsaturated/α-hetero) is 2. The van der Waals surface area contributed by atoms with Crippen molar-refractivity contribution in [2.75, 3.05) is 13.2 Å². The van der Waals surface area contributed by atoms with E-state index in [1.807, 2.05) is 80.4 Å². The molecule has 3 fully saturated rings. The maximum Gasteiger partial charge on any atom is 0.352 e. The summed E-state index contributed by atoms with van der Waals surface area (Å²) in [5, 5.41) is 19.9. The lowest BCUT2D eigenvalue weighted by atomic mass is 9.93. The Bertz CT molecular complexity index is 7250. The summed E-state index contributed by atoms with van der Waals surface area (Å²) in [6.07, 6.45) is 20.1. The molecule has 6 heterocycles. The van der Waals surface area contributed by atoms with Gasteiger partial charge in [0.15, 0.2) is 11.6 Å². The quantitative estimate of drug-likeness (QED) is 0.0163. The van der Waals surface area contributed by atoms with Crippen LogP contribution in [0.2, 0.25) is 0 Å². The molecule has 9 aromatic carbocycles. The number of ether oxygens (including phenoxy) is 2. The third-order valence-electron chi connectivity index (χ3n) is 25.9. The van der Waals surface area contributed by atoms with E-state index in [0.29, 0.717) is 52.7 Å². The number of carbonyl (C=O) groups is 6. The Hall–Kier alpha value is -15.4. The first-order valence-corrected chi connectivity index (χ1v) is 47.8. The molecule has 0 spiro atoms. The zero-order valence-electron chi connectivity index (χ0n) is 79.7. The predicted molar refractivity (Wildman–Crippen MR) is 532 cm³/mol. The minimum Gasteiger partial charge on any atom is -0.481 e. The van der Waals surface area contributed by atoms with E-state index in [4.69, 9.17) is 26.5 Å². The summed E-state index contributed by atoms with van der Waals surface area (Å²) in [7, 11) is 0. The largest absolute Gasteiger partial charge is 0.481 e. The molecule has 732 valence electrons. The number of benzene rings is 9. The number of nitrogens with zero attached hydrogens (tertiary/aromatic N) is 9. The number of rotatable bonds is 30. The third-order valence-corrected chi connectivity index (χ3v) is 25.9. The number of fused-ring (bicyclic) bond motifs is 3. The Morgan fingerprint density at radius 1 is 0.387 bits per heavy atom. The summed E-state index contributed by atoms with van der Waals surface area (Å²) in [5.74, 6) is -7.69. The van der Waals surface area contributed by atoms with Crippen molar-refractivity contribution < 1.29 is 76.2 Å². The number of hydrogen-bond acceptors (Lipinski definition) is 15. The molecule has 23 nitrogen and oxygen atoms in total. The number of ketones is 2. The average molecular weight is 1930 g/mol. The Balaban J connectivity index is 0.000000158. The van der Waals surface area contributed by atoms with Crippen LogP contribution >= 0.6 is 0 Å². The number of carbonyl (C=O) groups excluding carboxylic acids is 4. The van der Waals surface area contributed by atoms with Crippen LogP contribution in [0.4, 0.5) is 26.3 Å². The van der Waals surface area contributed by atoms with Crippen LogP contribution in [0.25, 0.3) is 67.3 Å². The first kappa shape index (κ1) is 101. The molecule has 3 atom stereocenters. The highest BCUT2D eigenvalue weighted by molar-refractivity contribution is 6.01. The average Bonchev–Trinajstić information content (AvgIpc) is 1.60. The van der Waals surface area contributed by atoms with Crippen molar-refractivity contribution in [3.05, 3.63) is 371 Å². The molecule has 6 aromatic heterocycles. The number of aromatic carboxylic acids is 1. The summed E-state index contributed by atoms with van der Waals surface area (Å²) in [5.41, 5.74) is 10.9. The number of halogens is 6. The molecule has 0 unspecified atom stereocenters. The maximum absolute atomic E-state index is 15.3. The minimum atomic E-state index is -1.28. The smallest absolute Gasteiger partial charge is 0.352 e. The van der Waals surface area contributed by atoms with E-state index in [2.05, 4.69) is 11.4 Å². The normalized spacial score (nSPS) is 14.0. The molecule has 18 rings (SSSR count). The van der Waals surface area contributed by atoms with Crippen LogP contribution in [0.1, 0.15) is 207 Å². The Kier molecular flexibility index (Phi) is 34.4. The zero-order chi connectivity index (χ0) is 101. The topological polar surface area (TPSA) is 307 Å². The van der Waals surface area contributed by atoms with Crippen LogP contribution in [-0.4, -0.2) is 107 Å². The number of aromatic nitrogens is 9. The monoisotopic (exact) mass is 1930 g/mol. The first-order chi connectivity index (χ1) is 69.2. The Morgan fingerprint density at radius 2 is 0.669 bits per heavy atom. The van der Waals surface area contributed by atoms with E-state index < -0.39 is 98.9 Å². The SMILES string of the molecule is CCOC(=O)[C@@H](CC(=O)c1cc2nc(-c3ccccc3F)n(C3CCCCC3)c2c(=O)n1Cc1ccc(F)cc1)Cc1ccccc1.CCOC(=O)[C@@H](N)Cc1ccccc1.O=C(C[C@@H](Cc1ccccc1)C(=O)O)c1cc2nc(-c3ccccc3F)n(C3CCCCC3)c2c(=O)n1Cc1ccc(F)cc1.O=C(O)c1cc2nc(-c3ccccc3F)n(C3CCCCC3)c2c(=O)n1Cc1ccc(F)cc1.[2H]C#C. The highest BCUT2D eigenvalue weighted by Gasteiger charge is 2.35. The molecule has 3 aliphatic rings. The predicted octanol–water partition coefficient (Wildman–Crippen LogP) is 21.7. The molecule has 0 amide bonds. The van der Waals surface area contributed by atoms with Crippen LogP contribution in [0.5, 0.6) is 0 Å². The fraction of sp³-hybridized carbons (Fsp3) is 0.292. The summed E-state index contributed by atoms with van der Waals surface area (Å²) < 4.78 is 111. The summed E-state index contributed by atoms with van der Waals surface area (Å²) >= 11 is 0. The Labute approximate surface area is 817 Å². The lowest BCUT2D eigenvalue weighted by molar-refractivity contribution is -0.148. The van der Waals surface area contributed by atoms with Crippen molar-refractivity contribution in [2.45, 2.75) is 186 Å². The highest BCUT2D eigenvalue weighted by atomic mass is 19.1. The number of carboxylic acid groups (broad SMARTS) is 2. The molecule has 0 radical (unpaired) electrons. The van der Waals surface area contributed by atoms with E-state index in [9.17, 15) is 70.9 Å². The number of aliphatic carboxylic acids is 1. The van der Waals surface area contributed by atoms with Gasteiger partial charge in [0.25, 0.3) is 16.7 Å². The van der Waals surface area contributed by atoms with E-state index in [0.717, 1.165) is 113 Å². The van der Waals surface area contributed by atoms with E-state index in [1.165, 1.54) is 99.0 Å². The lowest BCUT2D eigenvalue weighted by Gasteiger charge is -2.26. The van der Waals surface area contributed by atoms with Crippen LogP contribution in [0, 0.1) is 59.6 Å². The fourth-order valence-electron chi connectivity index (χ4n) is 19.0. The van der Waals surface area contributed by atoms with Gasteiger partial charge in [-0.1, -0.05) is 222 Å². The van der Waals surface area contributed by atoms with E-state index in [-0.39, 0.29) is 137 Å². The van der Waals surface area contributed by atoms with Crippen molar-refractivity contribution in [3.63, 3.8) is 0 Å². The molecule has 29 heteroatoms. The van der Waals surface area contributed by atoms with E-state index in [1.54, 1.807) is 123 Å². The van der Waals surface area contributed by atoms with Crippen molar-refractivity contribution in [1.29, 1.82) is 0 Å². The Morgan fingerprint density at radius 3 is 0.979 bits per heavy atom. The van der Waals surface area contributed by atoms with Gasteiger partial charge in [0, 0.05) is 31.0 Å². The van der Waals surface area contributed by atoms with Crippen molar-refractivity contribution in [1.82, 2.24) is 42.4 Å². The zero-order valence-corrected chi connectivity index (χ0v) is 78.7. The van der Waals surface area contributed by atoms with Gasteiger partial charge in [0.2, 0.25) is 0 Å². The minimum absolute atomic E-state index is 0.00418. The number of esters is 2. The molecular weight excluding hydrogens is 1820 g/mol. The molecule has 15 aromatic rings. The molecule has 0 aliphatic heterocycles. The second-order valence-corrected chi connectivity index (χ2v) is 35.5. The van der Waals surface area contributed by atoms with Gasteiger partial charge in [-0.2, -0.15) is 0 Å². The van der Waals surface area contributed by atoms with Crippen LogP contribution in [0.15, 0.2) is 269 Å². The van der Waals surface area contributed by atoms with Crippen LogP contribution in [0.3, 0.4) is 0 Å². The van der Waals surface area contributed by atoms with E-state index >= 15 is 8.78 Å². The second-order valence-electron chi connectivity index (χ2n) is 35.5. The number of nitrogens with two attached hydrogens (primary N) is 1. The van der Waals surface area contributed by atoms with Gasteiger partial charge >= 0.3 is 23.9 Å². The van der Waals surface area contributed by atoms with Crippen molar-refractivity contribution in [2.24, 2.45) is 17.6 Å². The molecule has 3 saturated carbocycles. The summed E-state index contributed by atoms with van der Waals surface area (Å²) in [6.45, 7) is 3.93. The second kappa shape index (κ2) is 48.4. The fourth-order valence-corrected chi connectivity index (χ4v) is 19.0. The molecular formula is C113H110F6N10O13. The standard InChI is InChI=1S/C38H37F2N3O4.C36H33F2N3O4.C26H23F2N3O3.C11H15NO2.C2H2/c1-2-47-38(46)27(21-25-11-5-3-6-12-25)22-34(44)33-23-32-35(37(45)42(33)24-26-17-19-28(39)20-18-26)43(29-13-7-4-8-14-29)36(41-32)30-15-9-10-16-31(30)40;37-26-17-15-24(16-18-26)22-40-31(32(42)20-25(36(44)45)19-23-9-3-1-4-10-23)21-30-33(35(40)43)41(27-11-5-2-6-12-27)34(39-30)28-13-7-8-14-29(28)38;27-17-12-10-16(11-13-17)15-30-22(26(33)34)14-21-23(25(30)32)31(18-6-2-1-3-7-18)24(29-21)19-8-4-5-9-20(19)28;1-2-14-11(13)10(12)8-9-6-4-3-5-7-9;1-2/h3,5-6,9-12,15-20,23,27,29H,2,4,7-8,13-14,21-22,24H2,1H3;1,3-4,7-10,13-18,21,25,27H,2,5-6,11-12,19-20,22H2,(H,44,45);4-5,8-14,18H,1-3,6-7,15H2,(H,33,34);3-7,10H,2,8,12H2,1H3;1-2H/t27-;25-;;10-;/m11.0./s1/i;;;;1D. The molecule has 3 aliphatic carbocycles. The summed E-state index contributed by atoms with van der Waals surface area (Å²) in [4.78, 5) is 134. The van der Waals surface area contributed by atoms with Gasteiger partial charge in [-0.05, 0) is 196 Å². The van der Waals surface area contributed by atoms with Gasteiger partial charge in [-0.15, -0.1) is 12.8 Å². The summed E-state index contributed by atoms with van der Waals surface area (Å²) in [6, 6.07) is 67.6. The number of carboxylic acids is 2. The van der Waals surface area contributed by atoms with Gasteiger partial charge < -0.3 is 39.1 Å². The molecule has 0 bridgehead atoms. The van der Waals surface area contributed by atoms with Crippen molar-refractivity contribution in [3.8, 4) is 47.0 Å². The lowest BCUT2D eigenvalue weighted by Crippen LogP contribution is -2.34. The molecule has 0 saturated heterocycles. The van der Waals surface area contributed by atoms with Gasteiger partial charge in [0.05, 0.1) is 89.3 Å². The number of pyridine rings is 3. The number of imidazole rings is 3. The van der Waals surface area contributed by atoms with Crippen molar-refractivity contribution >= 4 is 68.5 Å².